The van der Waals surface area contributed by atoms with E-state index in [4.69, 9.17) is 9.63 Å². The summed E-state index contributed by atoms with van der Waals surface area (Å²) in [5.74, 6) is 1.37. The van der Waals surface area contributed by atoms with Gasteiger partial charge in [-0.3, -0.25) is 4.90 Å². The number of β-amino-alcohol motifs (C(OH)–C–C–N with tert-alkyl or cyclic N) is 1. The van der Waals surface area contributed by atoms with Crippen LogP contribution < -0.4 is 0 Å². The smallest absolute Gasteiger partial charge is 0.240 e. The first-order chi connectivity index (χ1) is 6.95. The molecule has 0 aliphatic carbocycles. The predicted octanol–water partition coefficient (Wildman–Crippen LogP) is 0.544. The predicted molar refractivity (Wildman–Crippen MR) is 54.3 cm³/mol. The Balaban J connectivity index is 1.96. The summed E-state index contributed by atoms with van der Waals surface area (Å²) in [6.07, 6.45) is -0.185. The van der Waals surface area contributed by atoms with Crippen LogP contribution in [0.4, 0.5) is 0 Å². The van der Waals surface area contributed by atoms with Gasteiger partial charge in [-0.15, -0.1) is 0 Å². The summed E-state index contributed by atoms with van der Waals surface area (Å²) in [5.41, 5.74) is -0.0732. The fourth-order valence-electron chi connectivity index (χ4n) is 1.49. The minimum atomic E-state index is -0.185. The largest absolute Gasteiger partial charge is 0.390 e. The van der Waals surface area contributed by atoms with Gasteiger partial charge in [0, 0.05) is 18.5 Å². The second-order valence-electron chi connectivity index (χ2n) is 5.11. The maximum Gasteiger partial charge on any atom is 0.240 e. The molecule has 5 heteroatoms. The van der Waals surface area contributed by atoms with Crippen molar-refractivity contribution in [2.24, 2.45) is 0 Å². The number of nitrogens with zero attached hydrogens (tertiary/aromatic N) is 3. The molecule has 0 aromatic carbocycles. The van der Waals surface area contributed by atoms with E-state index in [1.165, 1.54) is 0 Å². The molecule has 0 spiro atoms. The molecule has 0 saturated carbocycles. The molecule has 0 bridgehead atoms. The molecule has 0 unspecified atom stereocenters. The Bertz CT molecular complexity index is 337. The summed E-state index contributed by atoms with van der Waals surface area (Å²) in [4.78, 5) is 6.40. The van der Waals surface area contributed by atoms with Crippen molar-refractivity contribution in [3.63, 3.8) is 0 Å². The molecule has 1 aliphatic heterocycles. The first-order valence-electron chi connectivity index (χ1n) is 5.18. The molecular formula is C10H17N3O2. The van der Waals surface area contributed by atoms with Crippen molar-refractivity contribution in [1.29, 1.82) is 0 Å². The quantitative estimate of drug-likeness (QED) is 0.773. The topological polar surface area (TPSA) is 62.4 Å². The average Bonchev–Trinajstić information content (AvgIpc) is 2.49. The SMILES string of the molecule is CC(C)(C)c1noc(CN2CC(O)C2)n1. The Hall–Kier alpha value is -0.940. The van der Waals surface area contributed by atoms with Gasteiger partial charge in [-0.05, 0) is 0 Å². The zero-order valence-corrected chi connectivity index (χ0v) is 9.40. The van der Waals surface area contributed by atoms with Crippen LogP contribution in [0.2, 0.25) is 0 Å². The number of aromatic nitrogens is 2. The number of hydrogen-bond donors (Lipinski definition) is 1. The van der Waals surface area contributed by atoms with Crippen molar-refractivity contribution in [3.8, 4) is 0 Å². The third-order valence-electron chi connectivity index (χ3n) is 2.44. The summed E-state index contributed by atoms with van der Waals surface area (Å²) in [6.45, 7) is 8.19. The van der Waals surface area contributed by atoms with Crippen LogP contribution in [-0.2, 0) is 12.0 Å². The maximum atomic E-state index is 9.12. The van der Waals surface area contributed by atoms with E-state index in [2.05, 4.69) is 35.8 Å². The van der Waals surface area contributed by atoms with Crippen LogP contribution >= 0.6 is 0 Å². The van der Waals surface area contributed by atoms with Crippen molar-refractivity contribution in [1.82, 2.24) is 15.0 Å². The van der Waals surface area contributed by atoms with Gasteiger partial charge in [0.15, 0.2) is 5.82 Å². The minimum Gasteiger partial charge on any atom is -0.390 e. The average molecular weight is 211 g/mol. The van der Waals surface area contributed by atoms with Crippen LogP contribution in [-0.4, -0.2) is 39.3 Å². The third-order valence-corrected chi connectivity index (χ3v) is 2.44. The molecule has 0 amide bonds. The molecule has 0 radical (unpaired) electrons. The normalized spacial score (nSPS) is 19.2. The highest BCUT2D eigenvalue weighted by atomic mass is 16.5. The number of rotatable bonds is 2. The fraction of sp³-hybridized carbons (Fsp3) is 0.800. The lowest BCUT2D eigenvalue weighted by atomic mass is 9.96. The zero-order chi connectivity index (χ0) is 11.1. The lowest BCUT2D eigenvalue weighted by Gasteiger charge is -2.34. The van der Waals surface area contributed by atoms with E-state index in [1.54, 1.807) is 0 Å². The highest BCUT2D eigenvalue weighted by molar-refractivity contribution is 5.00. The molecule has 1 saturated heterocycles. The van der Waals surface area contributed by atoms with E-state index in [-0.39, 0.29) is 11.5 Å². The molecule has 84 valence electrons. The summed E-state index contributed by atoms with van der Waals surface area (Å²) >= 11 is 0. The molecule has 1 aliphatic rings. The molecule has 15 heavy (non-hydrogen) atoms. The second-order valence-corrected chi connectivity index (χ2v) is 5.11. The Morgan fingerprint density at radius 2 is 2.13 bits per heavy atom. The van der Waals surface area contributed by atoms with E-state index in [0.717, 1.165) is 5.82 Å². The second kappa shape index (κ2) is 3.57. The molecule has 2 rings (SSSR count). The highest BCUT2D eigenvalue weighted by Gasteiger charge is 2.27. The lowest BCUT2D eigenvalue weighted by molar-refractivity contribution is -0.00806. The van der Waals surface area contributed by atoms with Crippen LogP contribution in [0, 0.1) is 0 Å². The first kappa shape index (κ1) is 10.6. The van der Waals surface area contributed by atoms with E-state index in [1.807, 2.05) is 0 Å². The van der Waals surface area contributed by atoms with Gasteiger partial charge in [0.05, 0.1) is 12.6 Å². The lowest BCUT2D eigenvalue weighted by Crippen LogP contribution is -2.49. The van der Waals surface area contributed by atoms with Crippen LogP contribution in [0.1, 0.15) is 32.5 Å². The number of aliphatic hydroxyl groups is 1. The summed E-state index contributed by atoms with van der Waals surface area (Å²) in [5, 5.41) is 13.1. The van der Waals surface area contributed by atoms with Crippen LogP contribution in [0.25, 0.3) is 0 Å². The molecule has 1 aromatic rings. The monoisotopic (exact) mass is 211 g/mol. The van der Waals surface area contributed by atoms with E-state index >= 15 is 0 Å². The number of likely N-dealkylation sites (tertiary alicyclic amines) is 1. The van der Waals surface area contributed by atoms with Gasteiger partial charge < -0.3 is 9.63 Å². The van der Waals surface area contributed by atoms with Gasteiger partial charge >= 0.3 is 0 Å². The van der Waals surface area contributed by atoms with Crippen molar-refractivity contribution < 1.29 is 9.63 Å². The Labute approximate surface area is 89.1 Å². The van der Waals surface area contributed by atoms with E-state index in [9.17, 15) is 0 Å². The van der Waals surface area contributed by atoms with Crippen molar-refractivity contribution in [2.45, 2.75) is 38.8 Å². The van der Waals surface area contributed by atoms with Crippen LogP contribution in [0.3, 0.4) is 0 Å². The van der Waals surface area contributed by atoms with Crippen molar-refractivity contribution in [3.05, 3.63) is 11.7 Å². The Morgan fingerprint density at radius 3 is 2.60 bits per heavy atom. The molecule has 2 heterocycles. The van der Waals surface area contributed by atoms with E-state index < -0.39 is 0 Å². The van der Waals surface area contributed by atoms with E-state index in [0.29, 0.717) is 25.5 Å². The van der Waals surface area contributed by atoms with Gasteiger partial charge in [-0.25, -0.2) is 0 Å². The zero-order valence-electron chi connectivity index (χ0n) is 9.40. The molecule has 0 atom stereocenters. The third kappa shape index (κ3) is 2.35. The molecule has 1 N–H and O–H groups in total. The van der Waals surface area contributed by atoms with Gasteiger partial charge in [-0.1, -0.05) is 25.9 Å². The van der Waals surface area contributed by atoms with Gasteiger partial charge in [0.25, 0.3) is 0 Å². The Kier molecular flexibility index (Phi) is 2.52. The molecule has 1 aromatic heterocycles. The Morgan fingerprint density at radius 1 is 1.47 bits per heavy atom. The summed E-state index contributed by atoms with van der Waals surface area (Å²) in [7, 11) is 0. The van der Waals surface area contributed by atoms with Gasteiger partial charge in [0.1, 0.15) is 0 Å². The molecule has 5 nitrogen and oxygen atoms in total. The van der Waals surface area contributed by atoms with Crippen molar-refractivity contribution in [2.75, 3.05) is 13.1 Å². The molecular weight excluding hydrogens is 194 g/mol. The minimum absolute atomic E-state index is 0.0732. The summed E-state index contributed by atoms with van der Waals surface area (Å²) in [6, 6.07) is 0. The summed E-state index contributed by atoms with van der Waals surface area (Å²) < 4.78 is 5.15. The number of hydrogen-bond acceptors (Lipinski definition) is 5. The fourth-order valence-corrected chi connectivity index (χ4v) is 1.49. The van der Waals surface area contributed by atoms with Crippen LogP contribution in [0.5, 0.6) is 0 Å². The number of aliphatic hydroxyl groups excluding tert-OH is 1. The van der Waals surface area contributed by atoms with Gasteiger partial charge in [-0.2, -0.15) is 4.98 Å². The maximum absolute atomic E-state index is 9.12. The van der Waals surface area contributed by atoms with Gasteiger partial charge in [0.2, 0.25) is 5.89 Å². The standard InChI is InChI=1S/C10H17N3O2/c1-10(2,3)9-11-8(15-12-9)6-13-4-7(14)5-13/h7,14H,4-6H2,1-3H3. The molecule has 1 fully saturated rings. The first-order valence-corrected chi connectivity index (χ1v) is 5.18. The highest BCUT2D eigenvalue weighted by Crippen LogP contribution is 2.19. The van der Waals surface area contributed by atoms with Crippen molar-refractivity contribution >= 4 is 0 Å². The van der Waals surface area contributed by atoms with Crippen LogP contribution in [0.15, 0.2) is 4.52 Å².